The average Bonchev–Trinajstić information content (AvgIpc) is 2.85. The summed E-state index contributed by atoms with van der Waals surface area (Å²) in [6.45, 7) is 3.04. The lowest BCUT2D eigenvalue weighted by Gasteiger charge is -2.27. The molecule has 1 saturated heterocycles. The summed E-state index contributed by atoms with van der Waals surface area (Å²) >= 11 is 0. The smallest absolute Gasteiger partial charge is 0.255 e. The SMILES string of the molecule is Cl.O=C(Nc1cccc2ccc(O)cc12)c1ccc(-c2ccccc2)c(CN2CCCCC2)c1. The third kappa shape index (κ3) is 5.24. The Bertz CT molecular complexity index is 1280. The van der Waals surface area contributed by atoms with Gasteiger partial charge in [0.2, 0.25) is 0 Å². The van der Waals surface area contributed by atoms with E-state index in [1.807, 2.05) is 42.5 Å². The maximum atomic E-state index is 13.2. The van der Waals surface area contributed by atoms with E-state index in [2.05, 4.69) is 40.5 Å². The van der Waals surface area contributed by atoms with Crippen molar-refractivity contribution in [1.29, 1.82) is 0 Å². The van der Waals surface area contributed by atoms with Crippen molar-refractivity contribution >= 4 is 34.8 Å². The van der Waals surface area contributed by atoms with Gasteiger partial charge in [0.25, 0.3) is 5.91 Å². The van der Waals surface area contributed by atoms with Crippen LogP contribution in [0.3, 0.4) is 0 Å². The van der Waals surface area contributed by atoms with Crippen LogP contribution in [-0.4, -0.2) is 29.0 Å². The number of anilines is 1. The van der Waals surface area contributed by atoms with E-state index in [9.17, 15) is 9.90 Å². The zero-order valence-corrected chi connectivity index (χ0v) is 19.9. The molecule has 0 atom stereocenters. The number of halogens is 1. The molecule has 1 fully saturated rings. The van der Waals surface area contributed by atoms with Gasteiger partial charge < -0.3 is 10.4 Å². The number of hydrogen-bond donors (Lipinski definition) is 2. The largest absolute Gasteiger partial charge is 0.508 e. The van der Waals surface area contributed by atoms with Gasteiger partial charge in [-0.15, -0.1) is 12.4 Å². The lowest BCUT2D eigenvalue weighted by Crippen LogP contribution is -2.29. The Hall–Kier alpha value is -3.34. The van der Waals surface area contributed by atoms with Gasteiger partial charge in [-0.05, 0) is 78.3 Å². The average molecular weight is 473 g/mol. The van der Waals surface area contributed by atoms with Crippen molar-refractivity contribution in [3.8, 4) is 16.9 Å². The predicted octanol–water partition coefficient (Wildman–Crippen LogP) is 6.87. The van der Waals surface area contributed by atoms with Crippen molar-refractivity contribution in [3.63, 3.8) is 0 Å². The number of rotatable bonds is 5. The molecule has 174 valence electrons. The fourth-order valence-electron chi connectivity index (χ4n) is 4.69. The third-order valence-corrected chi connectivity index (χ3v) is 6.41. The summed E-state index contributed by atoms with van der Waals surface area (Å²) in [5.74, 6) is 0.0329. The lowest BCUT2D eigenvalue weighted by molar-refractivity contribution is 0.102. The highest BCUT2D eigenvalue weighted by Crippen LogP contribution is 2.29. The molecule has 5 rings (SSSR count). The van der Waals surface area contributed by atoms with E-state index in [4.69, 9.17) is 0 Å². The fourth-order valence-corrected chi connectivity index (χ4v) is 4.69. The number of phenols is 1. The van der Waals surface area contributed by atoms with E-state index in [-0.39, 0.29) is 24.1 Å². The molecule has 0 bridgehead atoms. The first kappa shape index (κ1) is 23.8. The summed E-state index contributed by atoms with van der Waals surface area (Å²) in [5, 5.41) is 14.8. The minimum atomic E-state index is -0.148. The molecule has 0 aliphatic carbocycles. The molecular formula is C29H29ClN2O2. The number of aromatic hydroxyl groups is 1. The Morgan fingerprint density at radius 3 is 2.44 bits per heavy atom. The van der Waals surface area contributed by atoms with Crippen LogP contribution in [0.2, 0.25) is 0 Å². The second-order valence-corrected chi connectivity index (χ2v) is 8.74. The number of amides is 1. The maximum Gasteiger partial charge on any atom is 0.255 e. The minimum Gasteiger partial charge on any atom is -0.508 e. The molecule has 1 heterocycles. The van der Waals surface area contributed by atoms with Crippen LogP contribution in [0.1, 0.15) is 35.2 Å². The molecule has 4 aromatic rings. The van der Waals surface area contributed by atoms with Gasteiger partial charge in [-0.3, -0.25) is 9.69 Å². The van der Waals surface area contributed by atoms with E-state index in [1.54, 1.807) is 12.1 Å². The van der Waals surface area contributed by atoms with Gasteiger partial charge in [0, 0.05) is 23.2 Å². The molecule has 4 aromatic carbocycles. The highest BCUT2D eigenvalue weighted by atomic mass is 35.5. The van der Waals surface area contributed by atoms with Gasteiger partial charge in [-0.25, -0.2) is 0 Å². The van der Waals surface area contributed by atoms with E-state index < -0.39 is 0 Å². The van der Waals surface area contributed by atoms with E-state index in [1.165, 1.54) is 36.0 Å². The van der Waals surface area contributed by atoms with Gasteiger partial charge in [-0.2, -0.15) is 0 Å². The normalized spacial score (nSPS) is 13.9. The fraction of sp³-hybridized carbons (Fsp3) is 0.207. The van der Waals surface area contributed by atoms with Crippen molar-refractivity contribution in [2.75, 3.05) is 18.4 Å². The first-order valence-electron chi connectivity index (χ1n) is 11.6. The summed E-state index contributed by atoms with van der Waals surface area (Å²) in [4.78, 5) is 15.7. The highest BCUT2D eigenvalue weighted by Gasteiger charge is 2.16. The monoisotopic (exact) mass is 472 g/mol. The molecule has 1 aliphatic rings. The zero-order chi connectivity index (χ0) is 22.6. The third-order valence-electron chi connectivity index (χ3n) is 6.41. The number of nitrogens with one attached hydrogen (secondary N) is 1. The summed E-state index contributed by atoms with van der Waals surface area (Å²) in [6.07, 6.45) is 3.76. The van der Waals surface area contributed by atoms with Crippen molar-refractivity contribution < 1.29 is 9.90 Å². The zero-order valence-electron chi connectivity index (χ0n) is 19.0. The van der Waals surface area contributed by atoms with Crippen LogP contribution in [0.4, 0.5) is 5.69 Å². The topological polar surface area (TPSA) is 52.6 Å². The number of benzene rings is 4. The molecule has 0 saturated carbocycles. The molecule has 5 heteroatoms. The number of likely N-dealkylation sites (tertiary alicyclic amines) is 1. The summed E-state index contributed by atoms with van der Waals surface area (Å²) in [6, 6.07) is 27.3. The van der Waals surface area contributed by atoms with Crippen LogP contribution in [0.25, 0.3) is 21.9 Å². The highest BCUT2D eigenvalue weighted by molar-refractivity contribution is 6.09. The second kappa shape index (κ2) is 10.7. The van der Waals surface area contributed by atoms with Gasteiger partial charge in [0.1, 0.15) is 5.75 Å². The summed E-state index contributed by atoms with van der Waals surface area (Å²) in [5.41, 5.74) is 4.84. The summed E-state index contributed by atoms with van der Waals surface area (Å²) in [7, 11) is 0. The first-order chi connectivity index (χ1) is 16.2. The number of nitrogens with zero attached hydrogens (tertiary/aromatic N) is 1. The van der Waals surface area contributed by atoms with E-state index in [0.29, 0.717) is 11.3 Å². The molecule has 0 unspecified atom stereocenters. The molecule has 1 amide bonds. The van der Waals surface area contributed by atoms with Crippen LogP contribution in [-0.2, 0) is 6.54 Å². The van der Waals surface area contributed by atoms with Crippen LogP contribution in [0, 0.1) is 0 Å². The van der Waals surface area contributed by atoms with Crippen molar-refractivity contribution in [2.45, 2.75) is 25.8 Å². The number of piperidine rings is 1. The Balaban J connectivity index is 0.00000274. The van der Waals surface area contributed by atoms with Gasteiger partial charge in [-0.1, -0.05) is 61.0 Å². The molecule has 0 spiro atoms. The van der Waals surface area contributed by atoms with E-state index >= 15 is 0 Å². The van der Waals surface area contributed by atoms with Crippen LogP contribution >= 0.6 is 12.4 Å². The second-order valence-electron chi connectivity index (χ2n) is 8.74. The van der Waals surface area contributed by atoms with Crippen molar-refractivity contribution in [1.82, 2.24) is 4.90 Å². The minimum absolute atomic E-state index is 0. The van der Waals surface area contributed by atoms with Crippen molar-refractivity contribution in [3.05, 3.63) is 96.1 Å². The number of phenolic OH excluding ortho intramolecular Hbond substituents is 1. The quantitative estimate of drug-likeness (QED) is 0.333. The molecule has 2 N–H and O–H groups in total. The van der Waals surface area contributed by atoms with Gasteiger partial charge in [0.05, 0.1) is 0 Å². The number of carbonyl (C=O) groups is 1. The Labute approximate surface area is 206 Å². The maximum absolute atomic E-state index is 13.2. The molecule has 1 aliphatic heterocycles. The Morgan fingerprint density at radius 1 is 0.853 bits per heavy atom. The van der Waals surface area contributed by atoms with Crippen LogP contribution in [0.15, 0.2) is 84.9 Å². The molecule has 0 aromatic heterocycles. The lowest BCUT2D eigenvalue weighted by atomic mass is 9.96. The van der Waals surface area contributed by atoms with Crippen LogP contribution < -0.4 is 5.32 Å². The first-order valence-corrected chi connectivity index (χ1v) is 11.6. The standard InChI is InChI=1S/C29H28N2O2.ClH/c32-25-14-12-22-10-7-11-28(27(22)19-25)30-29(33)23-13-15-26(21-8-3-1-4-9-21)24(18-23)20-31-16-5-2-6-17-31;/h1,3-4,7-15,18-19,32H,2,5-6,16-17,20H2,(H,30,33);1H. The number of carbonyl (C=O) groups excluding carboxylic acids is 1. The van der Waals surface area contributed by atoms with Crippen LogP contribution in [0.5, 0.6) is 5.75 Å². The molecule has 4 nitrogen and oxygen atoms in total. The number of fused-ring (bicyclic) bond motifs is 1. The Kier molecular flexibility index (Phi) is 7.51. The summed E-state index contributed by atoms with van der Waals surface area (Å²) < 4.78 is 0. The molecule has 0 radical (unpaired) electrons. The molecular weight excluding hydrogens is 444 g/mol. The van der Waals surface area contributed by atoms with E-state index in [0.717, 1.165) is 30.4 Å². The number of hydrogen-bond acceptors (Lipinski definition) is 3. The van der Waals surface area contributed by atoms with Gasteiger partial charge >= 0.3 is 0 Å². The van der Waals surface area contributed by atoms with Crippen molar-refractivity contribution in [2.24, 2.45) is 0 Å². The predicted molar refractivity (Wildman–Crippen MR) is 142 cm³/mol. The van der Waals surface area contributed by atoms with Gasteiger partial charge in [0.15, 0.2) is 0 Å². The Morgan fingerprint density at radius 2 is 1.65 bits per heavy atom. The molecule has 34 heavy (non-hydrogen) atoms.